The van der Waals surface area contributed by atoms with Crippen LogP contribution in [0.2, 0.25) is 5.02 Å². The molecule has 2 aromatic carbocycles. The number of thioether (sulfide) groups is 1. The summed E-state index contributed by atoms with van der Waals surface area (Å²) in [5, 5.41) is 2.15. The van der Waals surface area contributed by atoms with Gasteiger partial charge in [-0.15, -0.1) is 0 Å². The topological polar surface area (TPSA) is 111 Å². The van der Waals surface area contributed by atoms with Crippen molar-refractivity contribution in [2.24, 2.45) is 0 Å². The molecule has 2 aromatic rings. The Labute approximate surface area is 224 Å². The summed E-state index contributed by atoms with van der Waals surface area (Å²) in [7, 11) is 1.21. The second-order valence-electron chi connectivity index (χ2n) is 7.98. The van der Waals surface area contributed by atoms with Gasteiger partial charge in [-0.2, -0.15) is 0 Å². The standard InChI is InChI=1S/C26H27ClN2O7S/c1-5-15(3)36-20-10-7-16(11-21(20)35-6-2)12-22-24(31)29(26(33)37-22)14-23(30)28-17-8-9-19(27)18(13-17)25(32)34-4/h7-13,15H,5-6,14H2,1-4H3,(H,28,30)/b22-12+/t15-/m1/s1. The maximum absolute atomic E-state index is 12.9. The summed E-state index contributed by atoms with van der Waals surface area (Å²) in [6, 6.07) is 9.54. The molecule has 1 fully saturated rings. The lowest BCUT2D eigenvalue weighted by molar-refractivity contribution is -0.127. The Morgan fingerprint density at radius 1 is 1.14 bits per heavy atom. The minimum atomic E-state index is -0.663. The molecule has 3 rings (SSSR count). The molecule has 196 valence electrons. The van der Waals surface area contributed by atoms with E-state index in [1.165, 1.54) is 25.3 Å². The van der Waals surface area contributed by atoms with E-state index in [4.69, 9.17) is 21.1 Å². The van der Waals surface area contributed by atoms with E-state index >= 15 is 0 Å². The average Bonchev–Trinajstić information content (AvgIpc) is 3.13. The third kappa shape index (κ3) is 7.05. The molecule has 0 saturated carbocycles. The summed E-state index contributed by atoms with van der Waals surface area (Å²) in [6.45, 7) is 5.77. The molecule has 37 heavy (non-hydrogen) atoms. The number of carbonyl (C=O) groups excluding carboxylic acids is 4. The molecule has 0 aromatic heterocycles. The highest BCUT2D eigenvalue weighted by Crippen LogP contribution is 2.35. The number of ether oxygens (including phenoxy) is 3. The molecule has 1 heterocycles. The van der Waals surface area contributed by atoms with Crippen molar-refractivity contribution in [3.05, 3.63) is 57.5 Å². The van der Waals surface area contributed by atoms with Crippen LogP contribution in [0.3, 0.4) is 0 Å². The number of halogens is 1. The van der Waals surface area contributed by atoms with E-state index in [2.05, 4.69) is 10.1 Å². The Morgan fingerprint density at radius 3 is 2.57 bits per heavy atom. The number of methoxy groups -OCH3 is 1. The smallest absolute Gasteiger partial charge is 0.339 e. The summed E-state index contributed by atoms with van der Waals surface area (Å²) >= 11 is 6.74. The number of amides is 3. The number of hydrogen-bond donors (Lipinski definition) is 1. The molecule has 1 atom stereocenters. The first kappa shape index (κ1) is 28.1. The highest BCUT2D eigenvalue weighted by atomic mass is 35.5. The number of hydrogen-bond acceptors (Lipinski definition) is 8. The van der Waals surface area contributed by atoms with Crippen LogP contribution in [0.4, 0.5) is 10.5 Å². The zero-order chi connectivity index (χ0) is 27.1. The molecular formula is C26H27ClN2O7S. The van der Waals surface area contributed by atoms with Gasteiger partial charge in [-0.25, -0.2) is 4.79 Å². The fraction of sp³-hybridized carbons (Fsp3) is 0.308. The van der Waals surface area contributed by atoms with E-state index in [9.17, 15) is 19.2 Å². The Hall–Kier alpha value is -3.50. The normalized spacial score (nSPS) is 15.1. The van der Waals surface area contributed by atoms with Gasteiger partial charge in [0.15, 0.2) is 11.5 Å². The molecule has 1 N–H and O–H groups in total. The van der Waals surface area contributed by atoms with Gasteiger partial charge in [0.25, 0.3) is 11.1 Å². The zero-order valence-electron chi connectivity index (χ0n) is 20.8. The zero-order valence-corrected chi connectivity index (χ0v) is 22.4. The van der Waals surface area contributed by atoms with Crippen LogP contribution < -0.4 is 14.8 Å². The van der Waals surface area contributed by atoms with Gasteiger partial charge in [0.05, 0.1) is 35.3 Å². The molecule has 9 nitrogen and oxygen atoms in total. The van der Waals surface area contributed by atoms with Crippen LogP contribution in [0.1, 0.15) is 43.1 Å². The summed E-state index contributed by atoms with van der Waals surface area (Å²) in [6.07, 6.45) is 2.41. The first-order valence-electron chi connectivity index (χ1n) is 11.5. The molecule has 11 heteroatoms. The van der Waals surface area contributed by atoms with Gasteiger partial charge in [0.1, 0.15) is 6.54 Å². The van der Waals surface area contributed by atoms with Crippen LogP contribution in [-0.2, 0) is 14.3 Å². The number of nitrogens with zero attached hydrogens (tertiary/aromatic N) is 1. The van der Waals surface area contributed by atoms with Crippen molar-refractivity contribution < 1.29 is 33.4 Å². The van der Waals surface area contributed by atoms with Crippen molar-refractivity contribution in [2.75, 3.05) is 25.6 Å². The van der Waals surface area contributed by atoms with Crippen molar-refractivity contribution in [3.8, 4) is 11.5 Å². The monoisotopic (exact) mass is 546 g/mol. The molecule has 1 aliphatic rings. The van der Waals surface area contributed by atoms with Crippen LogP contribution >= 0.6 is 23.4 Å². The quantitative estimate of drug-likeness (QED) is 0.312. The Balaban J connectivity index is 1.73. The second kappa shape index (κ2) is 12.6. The number of carbonyl (C=O) groups is 4. The number of rotatable bonds is 10. The van der Waals surface area contributed by atoms with Gasteiger partial charge >= 0.3 is 5.97 Å². The molecule has 0 aliphatic carbocycles. The summed E-state index contributed by atoms with van der Waals surface area (Å²) in [5.41, 5.74) is 0.981. The van der Waals surface area contributed by atoms with Gasteiger partial charge in [-0.3, -0.25) is 19.3 Å². The van der Waals surface area contributed by atoms with Gasteiger partial charge in [-0.05, 0) is 74.0 Å². The van der Waals surface area contributed by atoms with Gasteiger partial charge in [-0.1, -0.05) is 24.6 Å². The number of esters is 1. The summed E-state index contributed by atoms with van der Waals surface area (Å²) in [4.78, 5) is 50.8. The summed E-state index contributed by atoms with van der Waals surface area (Å²) in [5.74, 6) is -0.745. The summed E-state index contributed by atoms with van der Waals surface area (Å²) < 4.78 is 16.3. The molecule has 1 aliphatic heterocycles. The second-order valence-corrected chi connectivity index (χ2v) is 9.38. The van der Waals surface area contributed by atoms with Crippen molar-refractivity contribution in [1.82, 2.24) is 4.90 Å². The van der Waals surface area contributed by atoms with Crippen LogP contribution in [0, 0.1) is 0 Å². The van der Waals surface area contributed by atoms with Gasteiger partial charge in [0.2, 0.25) is 5.91 Å². The number of nitrogens with one attached hydrogen (secondary N) is 1. The van der Waals surface area contributed by atoms with Crippen molar-refractivity contribution in [3.63, 3.8) is 0 Å². The predicted octanol–water partition coefficient (Wildman–Crippen LogP) is 5.38. The van der Waals surface area contributed by atoms with Crippen molar-refractivity contribution in [1.29, 1.82) is 0 Å². The first-order valence-corrected chi connectivity index (χ1v) is 12.7. The van der Waals surface area contributed by atoms with E-state index in [0.717, 1.165) is 23.1 Å². The third-order valence-corrected chi connectivity index (χ3v) is 6.54. The van der Waals surface area contributed by atoms with Gasteiger partial charge in [0, 0.05) is 5.69 Å². The highest BCUT2D eigenvalue weighted by Gasteiger charge is 2.36. The SMILES string of the molecule is CCOc1cc(/C=C2/SC(=O)N(CC(=O)Nc3ccc(Cl)c(C(=O)OC)c3)C2=O)ccc1O[C@H](C)CC. The van der Waals surface area contributed by atoms with Crippen LogP contribution in [-0.4, -0.2) is 54.3 Å². The number of benzene rings is 2. The molecule has 0 spiro atoms. The minimum Gasteiger partial charge on any atom is -0.490 e. The lowest BCUT2D eigenvalue weighted by Gasteiger charge is -2.16. The Kier molecular flexibility index (Phi) is 9.60. The largest absolute Gasteiger partial charge is 0.490 e. The van der Waals surface area contributed by atoms with E-state index in [-0.39, 0.29) is 27.3 Å². The highest BCUT2D eigenvalue weighted by molar-refractivity contribution is 8.18. The Morgan fingerprint density at radius 2 is 1.89 bits per heavy atom. The fourth-order valence-corrected chi connectivity index (χ4v) is 4.31. The number of imide groups is 1. The predicted molar refractivity (Wildman–Crippen MR) is 142 cm³/mol. The number of anilines is 1. The average molecular weight is 547 g/mol. The van der Waals surface area contributed by atoms with Crippen molar-refractivity contribution in [2.45, 2.75) is 33.3 Å². The molecular weight excluding hydrogens is 520 g/mol. The van der Waals surface area contributed by atoms with E-state index in [0.29, 0.717) is 23.7 Å². The van der Waals surface area contributed by atoms with Gasteiger partial charge < -0.3 is 19.5 Å². The maximum Gasteiger partial charge on any atom is 0.339 e. The van der Waals surface area contributed by atoms with Crippen LogP contribution in [0.25, 0.3) is 6.08 Å². The molecule has 1 saturated heterocycles. The van der Waals surface area contributed by atoms with E-state index in [1.54, 1.807) is 24.3 Å². The lowest BCUT2D eigenvalue weighted by Crippen LogP contribution is -2.36. The fourth-order valence-electron chi connectivity index (χ4n) is 3.28. The molecule has 3 amide bonds. The van der Waals surface area contributed by atoms with Crippen molar-refractivity contribution >= 4 is 58.1 Å². The minimum absolute atomic E-state index is 0.00706. The van der Waals surface area contributed by atoms with Crippen LogP contribution in [0.5, 0.6) is 11.5 Å². The first-order chi connectivity index (χ1) is 17.7. The maximum atomic E-state index is 12.9. The van der Waals surface area contributed by atoms with E-state index < -0.39 is 29.6 Å². The molecule has 0 unspecified atom stereocenters. The van der Waals surface area contributed by atoms with Crippen LogP contribution in [0.15, 0.2) is 41.3 Å². The third-order valence-electron chi connectivity index (χ3n) is 5.30. The molecule has 0 bridgehead atoms. The Bertz CT molecular complexity index is 1250. The van der Waals surface area contributed by atoms with E-state index in [1.807, 2.05) is 20.8 Å². The lowest BCUT2D eigenvalue weighted by atomic mass is 10.1. The molecule has 0 radical (unpaired) electrons.